The number of rotatable bonds is 5. The highest BCUT2D eigenvalue weighted by molar-refractivity contribution is 7.22. The van der Waals surface area contributed by atoms with E-state index in [4.69, 9.17) is 9.40 Å². The van der Waals surface area contributed by atoms with Crippen LogP contribution >= 0.6 is 22.7 Å². The predicted octanol–water partition coefficient (Wildman–Crippen LogP) is 5.91. The Bertz CT molecular complexity index is 1300. The number of amides is 1. The van der Waals surface area contributed by atoms with Gasteiger partial charge in [-0.2, -0.15) is 0 Å². The lowest BCUT2D eigenvalue weighted by Crippen LogP contribution is -2.30. The summed E-state index contributed by atoms with van der Waals surface area (Å²) in [7, 11) is 0. The molecule has 1 amide bonds. The lowest BCUT2D eigenvalue weighted by Gasteiger charge is -2.18. The van der Waals surface area contributed by atoms with Gasteiger partial charge >= 0.3 is 0 Å². The van der Waals surface area contributed by atoms with E-state index in [1.165, 1.54) is 28.2 Å². The Labute approximate surface area is 175 Å². The zero-order chi connectivity index (χ0) is 19.8. The summed E-state index contributed by atoms with van der Waals surface area (Å²) in [6.45, 7) is 2.44. The zero-order valence-corrected chi connectivity index (χ0v) is 17.3. The van der Waals surface area contributed by atoms with Gasteiger partial charge in [0.2, 0.25) is 0 Å². The highest BCUT2D eigenvalue weighted by Crippen LogP contribution is 2.33. The van der Waals surface area contributed by atoms with Crippen molar-refractivity contribution in [1.82, 2.24) is 9.97 Å². The monoisotopic (exact) mass is 419 g/mol. The molecule has 0 saturated carbocycles. The van der Waals surface area contributed by atoms with E-state index in [1.807, 2.05) is 36.4 Å². The molecule has 0 unspecified atom stereocenters. The average Bonchev–Trinajstić information content (AvgIpc) is 3.50. The van der Waals surface area contributed by atoms with E-state index in [1.54, 1.807) is 16.7 Å². The number of aryl methyl sites for hydroxylation is 1. The first kappa shape index (κ1) is 18.0. The van der Waals surface area contributed by atoms with Crippen LogP contribution in [0.3, 0.4) is 0 Å². The van der Waals surface area contributed by atoms with E-state index in [9.17, 15) is 4.79 Å². The molecule has 0 atom stereocenters. The summed E-state index contributed by atoms with van der Waals surface area (Å²) >= 11 is 3.05. The smallest absolute Gasteiger partial charge is 0.260 e. The molecule has 5 rings (SSSR count). The van der Waals surface area contributed by atoms with Crippen LogP contribution in [-0.4, -0.2) is 15.9 Å². The highest BCUT2D eigenvalue weighted by Gasteiger charge is 2.23. The molecule has 29 heavy (non-hydrogen) atoms. The van der Waals surface area contributed by atoms with Crippen molar-refractivity contribution in [2.75, 3.05) is 4.90 Å². The molecule has 0 fully saturated rings. The molecule has 3 aromatic heterocycles. The number of carbonyl (C=O) groups is 1. The van der Waals surface area contributed by atoms with E-state index in [-0.39, 0.29) is 5.91 Å². The topological polar surface area (TPSA) is 59.2 Å². The molecular formula is C22H17N3O2S2. The summed E-state index contributed by atoms with van der Waals surface area (Å²) in [4.78, 5) is 24.3. The van der Waals surface area contributed by atoms with Crippen LogP contribution in [0, 0.1) is 0 Å². The molecule has 0 spiro atoms. The van der Waals surface area contributed by atoms with Crippen LogP contribution in [0.2, 0.25) is 0 Å². The molecule has 0 aliphatic rings. The quantitative estimate of drug-likeness (QED) is 0.355. The van der Waals surface area contributed by atoms with Crippen LogP contribution in [-0.2, 0) is 13.0 Å². The molecule has 5 aromatic rings. The van der Waals surface area contributed by atoms with E-state index in [0.29, 0.717) is 23.0 Å². The van der Waals surface area contributed by atoms with Crippen LogP contribution in [0.15, 0.2) is 64.7 Å². The van der Waals surface area contributed by atoms with Crippen molar-refractivity contribution in [3.63, 3.8) is 0 Å². The number of para-hydroxylation sites is 1. The first-order valence-electron chi connectivity index (χ1n) is 9.29. The van der Waals surface area contributed by atoms with Crippen LogP contribution in [0.25, 0.3) is 20.4 Å². The number of hydrogen-bond acceptors (Lipinski definition) is 6. The maximum Gasteiger partial charge on any atom is 0.260 e. The van der Waals surface area contributed by atoms with Crippen LogP contribution in [0.4, 0.5) is 5.13 Å². The van der Waals surface area contributed by atoms with E-state index >= 15 is 0 Å². The Morgan fingerprint density at radius 3 is 2.90 bits per heavy atom. The molecule has 0 bridgehead atoms. The summed E-state index contributed by atoms with van der Waals surface area (Å²) in [6.07, 6.45) is 2.52. The molecule has 0 aliphatic heterocycles. The van der Waals surface area contributed by atoms with Gasteiger partial charge in [-0.1, -0.05) is 30.4 Å². The molecule has 0 N–H and O–H groups in total. The molecule has 0 radical (unpaired) electrons. The minimum absolute atomic E-state index is 0.103. The van der Waals surface area contributed by atoms with Gasteiger partial charge < -0.3 is 4.42 Å². The standard InChI is InChI=1S/C22H17N3O2S2/c1-2-14-5-3-7-18-20(14)24-22(29-18)25(12-16-6-4-10-27-16)21(26)15-8-9-17-19(11-15)28-13-23-17/h3-11,13H,2,12H2,1H3. The third kappa shape index (κ3) is 3.32. The Balaban J connectivity index is 1.60. The van der Waals surface area contributed by atoms with Crippen LogP contribution in [0.1, 0.15) is 28.6 Å². The van der Waals surface area contributed by atoms with Crippen molar-refractivity contribution in [3.05, 3.63) is 77.2 Å². The van der Waals surface area contributed by atoms with Gasteiger partial charge in [-0.15, -0.1) is 11.3 Å². The Morgan fingerprint density at radius 1 is 1.14 bits per heavy atom. The first-order valence-corrected chi connectivity index (χ1v) is 11.0. The lowest BCUT2D eigenvalue weighted by atomic mass is 10.1. The normalized spacial score (nSPS) is 11.3. The Hall–Kier alpha value is -3.03. The minimum atomic E-state index is -0.103. The second-order valence-corrected chi connectivity index (χ2v) is 8.51. The minimum Gasteiger partial charge on any atom is -0.467 e. The van der Waals surface area contributed by atoms with Gasteiger partial charge in [0, 0.05) is 5.56 Å². The summed E-state index contributed by atoms with van der Waals surface area (Å²) in [5, 5.41) is 0.673. The van der Waals surface area contributed by atoms with Crippen molar-refractivity contribution < 1.29 is 9.21 Å². The summed E-state index contributed by atoms with van der Waals surface area (Å²) in [5.41, 5.74) is 5.45. The highest BCUT2D eigenvalue weighted by atomic mass is 32.1. The van der Waals surface area contributed by atoms with Crippen molar-refractivity contribution in [2.24, 2.45) is 0 Å². The number of anilines is 1. The third-order valence-corrected chi connectivity index (χ3v) is 6.66. The zero-order valence-electron chi connectivity index (χ0n) is 15.7. The summed E-state index contributed by atoms with van der Waals surface area (Å²) in [5.74, 6) is 0.612. The average molecular weight is 420 g/mol. The van der Waals surface area contributed by atoms with Gasteiger partial charge in [0.15, 0.2) is 5.13 Å². The van der Waals surface area contributed by atoms with Crippen molar-refractivity contribution in [2.45, 2.75) is 19.9 Å². The van der Waals surface area contributed by atoms with E-state index in [0.717, 1.165) is 26.9 Å². The van der Waals surface area contributed by atoms with Gasteiger partial charge in [0.1, 0.15) is 5.76 Å². The fraction of sp³-hybridized carbons (Fsp3) is 0.136. The number of aromatic nitrogens is 2. The maximum absolute atomic E-state index is 13.5. The molecule has 144 valence electrons. The molecule has 3 heterocycles. The van der Waals surface area contributed by atoms with Crippen molar-refractivity contribution in [1.29, 1.82) is 0 Å². The van der Waals surface area contributed by atoms with Gasteiger partial charge in [0.05, 0.1) is 38.8 Å². The number of hydrogen-bond donors (Lipinski definition) is 0. The van der Waals surface area contributed by atoms with Gasteiger partial charge in [-0.05, 0) is 48.4 Å². The molecule has 0 aliphatic carbocycles. The van der Waals surface area contributed by atoms with E-state index in [2.05, 4.69) is 24.0 Å². The number of fused-ring (bicyclic) bond motifs is 2. The van der Waals surface area contributed by atoms with Crippen molar-refractivity contribution >= 4 is 54.1 Å². The predicted molar refractivity (Wildman–Crippen MR) is 118 cm³/mol. The molecule has 7 heteroatoms. The fourth-order valence-electron chi connectivity index (χ4n) is 3.32. The molecule has 0 saturated heterocycles. The Kier molecular flexibility index (Phi) is 4.61. The lowest BCUT2D eigenvalue weighted by molar-refractivity contribution is 0.0983. The van der Waals surface area contributed by atoms with Gasteiger partial charge in [0.25, 0.3) is 5.91 Å². The number of furan rings is 1. The Morgan fingerprint density at radius 2 is 2.07 bits per heavy atom. The number of thiazole rings is 2. The fourth-order valence-corrected chi connectivity index (χ4v) is 5.05. The number of nitrogens with zero attached hydrogens (tertiary/aromatic N) is 3. The summed E-state index contributed by atoms with van der Waals surface area (Å²) < 4.78 is 7.59. The molecular weight excluding hydrogens is 402 g/mol. The van der Waals surface area contributed by atoms with Crippen molar-refractivity contribution in [3.8, 4) is 0 Å². The molecule has 2 aromatic carbocycles. The second-order valence-electron chi connectivity index (χ2n) is 6.62. The largest absolute Gasteiger partial charge is 0.467 e. The maximum atomic E-state index is 13.5. The van der Waals surface area contributed by atoms with Crippen LogP contribution < -0.4 is 4.90 Å². The third-order valence-electron chi connectivity index (χ3n) is 4.82. The SMILES string of the molecule is CCc1cccc2sc(N(Cc3ccco3)C(=O)c3ccc4ncsc4c3)nc12. The van der Waals surface area contributed by atoms with E-state index < -0.39 is 0 Å². The summed E-state index contributed by atoms with van der Waals surface area (Å²) in [6, 6.07) is 15.5. The van der Waals surface area contributed by atoms with Gasteiger partial charge in [-0.3, -0.25) is 9.69 Å². The molecule has 5 nitrogen and oxygen atoms in total. The number of carbonyl (C=O) groups excluding carboxylic acids is 1. The van der Waals surface area contributed by atoms with Crippen LogP contribution in [0.5, 0.6) is 0 Å². The van der Waals surface area contributed by atoms with Gasteiger partial charge in [-0.25, -0.2) is 9.97 Å². The first-order chi connectivity index (χ1) is 14.2. The number of benzene rings is 2. The second kappa shape index (κ2) is 7.42.